The molecule has 0 fully saturated rings. The number of halogens is 1. The zero-order chi connectivity index (χ0) is 9.97. The highest BCUT2D eigenvalue weighted by molar-refractivity contribution is 8.13. The Hall–Kier alpha value is -1.07. The van der Waals surface area contributed by atoms with Gasteiger partial charge in [-0.25, -0.2) is 0 Å². The lowest BCUT2D eigenvalue weighted by molar-refractivity contribution is 0.174. The van der Waals surface area contributed by atoms with Crippen LogP contribution < -0.4 is 15.2 Å². The predicted molar refractivity (Wildman–Crippen MR) is 63.0 cm³/mol. The fourth-order valence-electron chi connectivity index (χ4n) is 1.19. The van der Waals surface area contributed by atoms with Gasteiger partial charge in [0.25, 0.3) is 0 Å². The zero-order valence-corrected chi connectivity index (χ0v) is 9.49. The average Bonchev–Trinajstić information content (AvgIpc) is 2.61. The van der Waals surface area contributed by atoms with Gasteiger partial charge in [0, 0.05) is 5.75 Å². The molecule has 0 atom stereocenters. The van der Waals surface area contributed by atoms with Crippen LogP contribution in [-0.4, -0.2) is 12.0 Å². The Balaban J connectivity index is 0.00000112. The molecule has 1 aliphatic heterocycles. The molecule has 0 saturated heterocycles. The molecule has 0 amide bonds. The number of rotatable bonds is 2. The quantitative estimate of drug-likeness (QED) is 0.618. The van der Waals surface area contributed by atoms with E-state index in [0.29, 0.717) is 12.5 Å². The van der Waals surface area contributed by atoms with Crippen LogP contribution in [0.15, 0.2) is 18.2 Å². The summed E-state index contributed by atoms with van der Waals surface area (Å²) in [6.45, 7) is 0.290. The molecule has 0 aliphatic carbocycles. The summed E-state index contributed by atoms with van der Waals surface area (Å²) in [4.78, 5) is 0. The predicted octanol–water partition coefficient (Wildman–Crippen LogP) is 1.96. The van der Waals surface area contributed by atoms with Gasteiger partial charge in [-0.15, -0.1) is 12.4 Å². The molecule has 3 N–H and O–H groups in total. The summed E-state index contributed by atoms with van der Waals surface area (Å²) in [5, 5.41) is 7.21. The Labute approximate surface area is 98.0 Å². The van der Waals surface area contributed by atoms with Gasteiger partial charge >= 0.3 is 0 Å². The van der Waals surface area contributed by atoms with E-state index in [9.17, 15) is 0 Å². The first-order valence-corrected chi connectivity index (χ1v) is 5.09. The number of nitrogens with two attached hydrogens (primary N) is 1. The second-order valence-corrected chi connectivity index (χ2v) is 3.86. The van der Waals surface area contributed by atoms with Crippen LogP contribution in [0, 0.1) is 5.41 Å². The molecular formula is C9H11ClN2O2S. The Bertz CT molecular complexity index is 373. The molecule has 4 nitrogen and oxygen atoms in total. The lowest BCUT2D eigenvalue weighted by Crippen LogP contribution is -2.03. The lowest BCUT2D eigenvalue weighted by Gasteiger charge is -2.01. The summed E-state index contributed by atoms with van der Waals surface area (Å²) in [6, 6.07) is 5.74. The molecule has 1 aromatic carbocycles. The second kappa shape index (κ2) is 5.14. The van der Waals surface area contributed by atoms with Crippen LogP contribution in [-0.2, 0) is 5.75 Å². The molecular weight excluding hydrogens is 236 g/mol. The number of nitrogens with one attached hydrogen (secondary N) is 1. The van der Waals surface area contributed by atoms with Gasteiger partial charge in [-0.3, -0.25) is 5.41 Å². The summed E-state index contributed by atoms with van der Waals surface area (Å²) in [5.41, 5.74) is 6.32. The van der Waals surface area contributed by atoms with Crippen molar-refractivity contribution in [3.63, 3.8) is 0 Å². The smallest absolute Gasteiger partial charge is 0.231 e. The maximum absolute atomic E-state index is 7.08. The minimum absolute atomic E-state index is 0. The third-order valence-corrected chi connectivity index (χ3v) is 2.62. The van der Waals surface area contributed by atoms with Gasteiger partial charge in [0.1, 0.15) is 0 Å². The van der Waals surface area contributed by atoms with Gasteiger partial charge < -0.3 is 15.2 Å². The Kier molecular flexibility index (Phi) is 4.11. The molecule has 1 aliphatic rings. The SMILES string of the molecule is Cl.N=C(N)SCc1ccc2c(c1)OCO2. The van der Waals surface area contributed by atoms with Gasteiger partial charge in [0.05, 0.1) is 0 Å². The molecule has 0 saturated carbocycles. The summed E-state index contributed by atoms with van der Waals surface area (Å²) < 4.78 is 10.4. The molecule has 15 heavy (non-hydrogen) atoms. The number of benzene rings is 1. The molecule has 0 bridgehead atoms. The molecule has 82 valence electrons. The van der Waals surface area contributed by atoms with Crippen LogP contribution in [0.5, 0.6) is 11.5 Å². The number of hydrogen-bond donors (Lipinski definition) is 2. The molecule has 1 heterocycles. The normalized spacial score (nSPS) is 12.0. The molecule has 0 aromatic heterocycles. The second-order valence-electron chi connectivity index (χ2n) is 2.84. The lowest BCUT2D eigenvalue weighted by atomic mass is 10.2. The largest absolute Gasteiger partial charge is 0.454 e. The molecule has 6 heteroatoms. The summed E-state index contributed by atoms with van der Waals surface area (Å²) in [6.07, 6.45) is 0. The molecule has 1 aromatic rings. The first-order valence-electron chi connectivity index (χ1n) is 4.11. The summed E-state index contributed by atoms with van der Waals surface area (Å²) >= 11 is 1.29. The summed E-state index contributed by atoms with van der Waals surface area (Å²) in [7, 11) is 0. The van der Waals surface area contributed by atoms with Crippen LogP contribution in [0.2, 0.25) is 0 Å². The van der Waals surface area contributed by atoms with Crippen molar-refractivity contribution in [1.82, 2.24) is 0 Å². The van der Waals surface area contributed by atoms with Gasteiger partial charge in [0.15, 0.2) is 16.7 Å². The van der Waals surface area contributed by atoms with E-state index in [2.05, 4.69) is 0 Å². The van der Waals surface area contributed by atoms with Crippen LogP contribution in [0.1, 0.15) is 5.56 Å². The van der Waals surface area contributed by atoms with E-state index in [1.807, 2.05) is 18.2 Å². The van der Waals surface area contributed by atoms with Crippen LogP contribution >= 0.6 is 24.2 Å². The van der Waals surface area contributed by atoms with Crippen molar-refractivity contribution in [3.8, 4) is 11.5 Å². The van der Waals surface area contributed by atoms with E-state index in [1.165, 1.54) is 11.8 Å². The molecule has 0 radical (unpaired) electrons. The van der Waals surface area contributed by atoms with Gasteiger partial charge in [-0.1, -0.05) is 17.8 Å². The van der Waals surface area contributed by atoms with E-state index in [-0.39, 0.29) is 17.6 Å². The van der Waals surface area contributed by atoms with Crippen LogP contribution in [0.3, 0.4) is 0 Å². The van der Waals surface area contributed by atoms with Crippen molar-refractivity contribution in [1.29, 1.82) is 5.41 Å². The van der Waals surface area contributed by atoms with E-state index >= 15 is 0 Å². The van der Waals surface area contributed by atoms with E-state index < -0.39 is 0 Å². The van der Waals surface area contributed by atoms with Crippen molar-refractivity contribution in [2.75, 3.05) is 6.79 Å². The van der Waals surface area contributed by atoms with Crippen molar-refractivity contribution >= 4 is 29.3 Å². The topological polar surface area (TPSA) is 68.3 Å². The first-order chi connectivity index (χ1) is 6.75. The average molecular weight is 247 g/mol. The third-order valence-electron chi connectivity index (χ3n) is 1.83. The van der Waals surface area contributed by atoms with Crippen molar-refractivity contribution in [2.24, 2.45) is 5.73 Å². The summed E-state index contributed by atoms with van der Waals surface area (Å²) in [5.74, 6) is 2.24. The molecule has 2 rings (SSSR count). The van der Waals surface area contributed by atoms with E-state index in [4.69, 9.17) is 20.6 Å². The highest BCUT2D eigenvalue weighted by Crippen LogP contribution is 2.33. The van der Waals surface area contributed by atoms with Crippen molar-refractivity contribution in [2.45, 2.75) is 5.75 Å². The first kappa shape index (κ1) is 12.0. The minimum atomic E-state index is 0. The number of hydrogen-bond acceptors (Lipinski definition) is 4. The third kappa shape index (κ3) is 2.94. The highest BCUT2D eigenvalue weighted by atomic mass is 35.5. The fourth-order valence-corrected chi connectivity index (χ4v) is 1.69. The standard InChI is InChI=1S/C9H10N2O2S.ClH/c10-9(11)14-4-6-1-2-7-8(3-6)13-5-12-7;/h1-3H,4-5H2,(H3,10,11);1H. The molecule has 0 spiro atoms. The Morgan fingerprint density at radius 1 is 1.40 bits per heavy atom. The highest BCUT2D eigenvalue weighted by Gasteiger charge is 2.12. The number of fused-ring (bicyclic) bond motifs is 1. The molecule has 0 unspecified atom stereocenters. The number of ether oxygens (including phenoxy) is 2. The minimum Gasteiger partial charge on any atom is -0.454 e. The maximum atomic E-state index is 7.08. The Morgan fingerprint density at radius 3 is 2.87 bits per heavy atom. The van der Waals surface area contributed by atoms with Gasteiger partial charge in [-0.2, -0.15) is 0 Å². The number of amidine groups is 1. The van der Waals surface area contributed by atoms with E-state index in [0.717, 1.165) is 17.1 Å². The fraction of sp³-hybridized carbons (Fsp3) is 0.222. The van der Waals surface area contributed by atoms with Gasteiger partial charge in [-0.05, 0) is 17.7 Å². The van der Waals surface area contributed by atoms with Crippen LogP contribution in [0.4, 0.5) is 0 Å². The van der Waals surface area contributed by atoms with E-state index in [1.54, 1.807) is 0 Å². The maximum Gasteiger partial charge on any atom is 0.231 e. The Morgan fingerprint density at radius 2 is 2.13 bits per heavy atom. The van der Waals surface area contributed by atoms with Crippen molar-refractivity contribution < 1.29 is 9.47 Å². The van der Waals surface area contributed by atoms with Crippen LogP contribution in [0.25, 0.3) is 0 Å². The monoisotopic (exact) mass is 246 g/mol. The zero-order valence-electron chi connectivity index (χ0n) is 7.86. The van der Waals surface area contributed by atoms with Crippen molar-refractivity contribution in [3.05, 3.63) is 23.8 Å². The number of thioether (sulfide) groups is 1. The van der Waals surface area contributed by atoms with Gasteiger partial charge in [0.2, 0.25) is 6.79 Å².